The Balaban J connectivity index is 1.94. The number of aliphatic hydroxyl groups is 1. The molecule has 0 radical (unpaired) electrons. The number of hydrogen-bond acceptors (Lipinski definition) is 3. The van der Waals surface area contributed by atoms with Gasteiger partial charge >= 0.3 is 0 Å². The third-order valence-electron chi connectivity index (χ3n) is 3.89. The minimum atomic E-state index is 0.287. The van der Waals surface area contributed by atoms with E-state index in [-0.39, 0.29) is 6.61 Å². The molecule has 1 saturated carbocycles. The second kappa shape index (κ2) is 6.50. The Bertz CT molecular complexity index is 327. The molecule has 1 heterocycles. The predicted molar refractivity (Wildman–Crippen MR) is 72.5 cm³/mol. The van der Waals surface area contributed by atoms with Crippen LogP contribution >= 0.6 is 11.3 Å². The molecule has 2 rings (SSSR count). The largest absolute Gasteiger partial charge is 0.396 e. The highest BCUT2D eigenvalue weighted by molar-refractivity contribution is 7.09. The highest BCUT2D eigenvalue weighted by atomic mass is 32.1. The monoisotopic (exact) mass is 253 g/mol. The zero-order chi connectivity index (χ0) is 12.1. The maximum Gasteiger partial charge on any atom is 0.0932 e. The first kappa shape index (κ1) is 13.0. The molecule has 0 bridgehead atoms. The predicted octanol–water partition coefficient (Wildman–Crippen LogP) is 3.75. The van der Waals surface area contributed by atoms with Crippen molar-refractivity contribution in [3.8, 4) is 0 Å². The minimum absolute atomic E-state index is 0.287. The van der Waals surface area contributed by atoms with Gasteiger partial charge in [-0.25, -0.2) is 4.98 Å². The van der Waals surface area contributed by atoms with Crippen LogP contribution in [0.3, 0.4) is 0 Å². The van der Waals surface area contributed by atoms with Gasteiger partial charge in [-0.05, 0) is 18.8 Å². The molecule has 0 aliphatic heterocycles. The first-order valence-corrected chi connectivity index (χ1v) is 7.76. The molecular formula is C14H23NOS. The van der Waals surface area contributed by atoms with Crippen molar-refractivity contribution in [3.05, 3.63) is 16.1 Å². The second-order valence-corrected chi connectivity index (χ2v) is 6.10. The Hall–Kier alpha value is -0.410. The van der Waals surface area contributed by atoms with Gasteiger partial charge in [0, 0.05) is 24.3 Å². The lowest BCUT2D eigenvalue weighted by Crippen LogP contribution is -2.09. The van der Waals surface area contributed by atoms with Gasteiger partial charge in [0.2, 0.25) is 0 Å². The molecular weight excluding hydrogens is 230 g/mol. The molecule has 1 unspecified atom stereocenters. The Morgan fingerprint density at radius 1 is 1.41 bits per heavy atom. The summed E-state index contributed by atoms with van der Waals surface area (Å²) in [4.78, 5) is 4.78. The van der Waals surface area contributed by atoms with Crippen molar-refractivity contribution >= 4 is 11.3 Å². The molecule has 1 fully saturated rings. The third-order valence-corrected chi connectivity index (χ3v) is 4.78. The number of aromatic nitrogens is 1. The maximum absolute atomic E-state index is 9.22. The van der Waals surface area contributed by atoms with Crippen LogP contribution in [0.2, 0.25) is 0 Å². The van der Waals surface area contributed by atoms with Crippen molar-refractivity contribution in [2.45, 2.75) is 57.8 Å². The van der Waals surface area contributed by atoms with Crippen LogP contribution in [0.4, 0.5) is 0 Å². The van der Waals surface area contributed by atoms with Gasteiger partial charge in [0.05, 0.1) is 10.7 Å². The molecule has 0 spiro atoms. The molecule has 1 atom stereocenters. The van der Waals surface area contributed by atoms with Gasteiger partial charge in [0.25, 0.3) is 0 Å². The van der Waals surface area contributed by atoms with Crippen LogP contribution in [0.5, 0.6) is 0 Å². The molecule has 17 heavy (non-hydrogen) atoms. The van der Waals surface area contributed by atoms with E-state index >= 15 is 0 Å². The summed E-state index contributed by atoms with van der Waals surface area (Å²) in [6.45, 7) is 2.42. The molecule has 96 valence electrons. The Labute approximate surface area is 108 Å². The number of nitrogens with zero attached hydrogens (tertiary/aromatic N) is 1. The summed E-state index contributed by atoms with van der Waals surface area (Å²) in [5, 5.41) is 12.7. The van der Waals surface area contributed by atoms with Crippen LogP contribution in [-0.4, -0.2) is 16.7 Å². The summed E-state index contributed by atoms with van der Waals surface area (Å²) >= 11 is 1.78. The number of hydrogen-bond donors (Lipinski definition) is 1. The summed E-state index contributed by atoms with van der Waals surface area (Å²) < 4.78 is 0. The fraction of sp³-hybridized carbons (Fsp3) is 0.786. The topological polar surface area (TPSA) is 33.1 Å². The van der Waals surface area contributed by atoms with Gasteiger partial charge in [0.1, 0.15) is 0 Å². The van der Waals surface area contributed by atoms with Crippen LogP contribution in [-0.2, 0) is 6.42 Å². The molecule has 1 aliphatic carbocycles. The lowest BCUT2D eigenvalue weighted by molar-refractivity contribution is 0.222. The zero-order valence-electron chi connectivity index (χ0n) is 10.7. The van der Waals surface area contributed by atoms with Crippen LogP contribution in [0.25, 0.3) is 0 Å². The Kier molecular flexibility index (Phi) is 4.99. The molecule has 1 aromatic heterocycles. The van der Waals surface area contributed by atoms with E-state index in [0.29, 0.717) is 11.8 Å². The van der Waals surface area contributed by atoms with Crippen molar-refractivity contribution in [1.29, 1.82) is 0 Å². The van der Waals surface area contributed by atoms with Gasteiger partial charge in [-0.15, -0.1) is 11.3 Å². The van der Waals surface area contributed by atoms with Gasteiger partial charge in [0.15, 0.2) is 0 Å². The number of rotatable bonds is 5. The molecule has 1 aromatic rings. The lowest BCUT2D eigenvalue weighted by atomic mass is 9.87. The normalized spacial score (nSPS) is 19.4. The van der Waals surface area contributed by atoms with Crippen molar-refractivity contribution in [1.82, 2.24) is 4.98 Å². The summed E-state index contributed by atoms with van der Waals surface area (Å²) in [5.74, 6) is 1.10. The molecule has 1 aliphatic rings. The highest BCUT2D eigenvalue weighted by Gasteiger charge is 2.18. The summed E-state index contributed by atoms with van der Waals surface area (Å²) in [7, 11) is 0. The van der Waals surface area contributed by atoms with E-state index in [1.165, 1.54) is 42.8 Å². The van der Waals surface area contributed by atoms with E-state index in [9.17, 15) is 5.11 Å². The minimum Gasteiger partial charge on any atom is -0.396 e. The second-order valence-electron chi connectivity index (χ2n) is 5.16. The van der Waals surface area contributed by atoms with Gasteiger partial charge in [-0.2, -0.15) is 0 Å². The van der Waals surface area contributed by atoms with Gasteiger partial charge in [-0.1, -0.05) is 32.6 Å². The average molecular weight is 253 g/mol. The number of aliphatic hydroxyl groups excluding tert-OH is 1. The summed E-state index contributed by atoms with van der Waals surface area (Å²) in [6, 6.07) is 0. The standard InChI is InChI=1S/C14H23NOS/c1-2-11(9-16)8-14-15-13(10-17-14)12-6-4-3-5-7-12/h10-12,16H,2-9H2,1H3. The summed E-state index contributed by atoms with van der Waals surface area (Å²) in [5.41, 5.74) is 1.32. The molecule has 3 heteroatoms. The van der Waals surface area contributed by atoms with Crippen molar-refractivity contribution < 1.29 is 5.11 Å². The molecule has 0 amide bonds. The Morgan fingerprint density at radius 3 is 2.82 bits per heavy atom. The lowest BCUT2D eigenvalue weighted by Gasteiger charge is -2.19. The van der Waals surface area contributed by atoms with Crippen molar-refractivity contribution in [2.75, 3.05) is 6.61 Å². The molecule has 2 nitrogen and oxygen atoms in total. The first-order chi connectivity index (χ1) is 8.33. The van der Waals surface area contributed by atoms with Crippen LogP contribution in [0, 0.1) is 5.92 Å². The van der Waals surface area contributed by atoms with E-state index in [2.05, 4.69) is 12.3 Å². The van der Waals surface area contributed by atoms with E-state index in [0.717, 1.165) is 12.8 Å². The molecule has 0 aromatic carbocycles. The molecule has 0 saturated heterocycles. The van der Waals surface area contributed by atoms with Crippen LogP contribution < -0.4 is 0 Å². The fourth-order valence-corrected chi connectivity index (χ4v) is 3.58. The van der Waals surface area contributed by atoms with Crippen LogP contribution in [0.1, 0.15) is 62.1 Å². The quantitative estimate of drug-likeness (QED) is 0.867. The third kappa shape index (κ3) is 3.52. The number of thiazole rings is 1. The fourth-order valence-electron chi connectivity index (χ4n) is 2.59. The smallest absolute Gasteiger partial charge is 0.0932 e. The first-order valence-electron chi connectivity index (χ1n) is 6.88. The van der Waals surface area contributed by atoms with Gasteiger partial charge in [-0.3, -0.25) is 0 Å². The Morgan fingerprint density at radius 2 is 2.18 bits per heavy atom. The van der Waals surface area contributed by atoms with Crippen molar-refractivity contribution in [2.24, 2.45) is 5.92 Å². The van der Waals surface area contributed by atoms with Crippen molar-refractivity contribution in [3.63, 3.8) is 0 Å². The van der Waals surface area contributed by atoms with E-state index in [4.69, 9.17) is 4.98 Å². The molecule has 1 N–H and O–H groups in total. The van der Waals surface area contributed by atoms with E-state index < -0.39 is 0 Å². The summed E-state index contributed by atoms with van der Waals surface area (Å²) in [6.07, 6.45) is 8.76. The zero-order valence-corrected chi connectivity index (χ0v) is 11.5. The van der Waals surface area contributed by atoms with Crippen LogP contribution in [0.15, 0.2) is 5.38 Å². The van der Waals surface area contributed by atoms with Gasteiger partial charge < -0.3 is 5.11 Å². The van der Waals surface area contributed by atoms with E-state index in [1.54, 1.807) is 11.3 Å². The highest BCUT2D eigenvalue weighted by Crippen LogP contribution is 2.33. The van der Waals surface area contributed by atoms with E-state index in [1.807, 2.05) is 0 Å². The SMILES string of the molecule is CCC(CO)Cc1nc(C2CCCCC2)cs1. The maximum atomic E-state index is 9.22. The average Bonchev–Trinajstić information content (AvgIpc) is 2.85.